The number of nitrogens with one attached hydrogen (secondary N) is 1. The quantitative estimate of drug-likeness (QED) is 0.267. The average Bonchev–Trinajstić information content (AvgIpc) is 2.91. The first-order valence-corrected chi connectivity index (χ1v) is 13.0. The van der Waals surface area contributed by atoms with E-state index in [1.54, 1.807) is 12.1 Å². The lowest BCUT2D eigenvalue weighted by Gasteiger charge is -2.36. The molecule has 0 aromatic heterocycles. The molecule has 1 heterocycles. The van der Waals surface area contributed by atoms with Crippen molar-refractivity contribution < 1.29 is 14.2 Å². The number of aliphatic hydroxyl groups is 1. The number of piperazine rings is 1. The van der Waals surface area contributed by atoms with Crippen LogP contribution in [0.15, 0.2) is 72.8 Å². The molecule has 0 amide bonds. The highest BCUT2D eigenvalue weighted by Gasteiger charge is 2.17. The first-order chi connectivity index (χ1) is 17.5. The first-order valence-electron chi connectivity index (χ1n) is 12.6. The van der Waals surface area contributed by atoms with Crippen LogP contribution < -0.4 is 15.0 Å². The third-order valence-corrected chi connectivity index (χ3v) is 6.93. The molecule has 2 N–H and O–H groups in total. The van der Waals surface area contributed by atoms with Gasteiger partial charge in [-0.3, -0.25) is 4.90 Å². The number of ether oxygens (including phenoxy) is 1. The largest absolute Gasteiger partial charge is 0.492 e. The molecule has 5 nitrogen and oxygen atoms in total. The molecule has 0 saturated carbocycles. The molecule has 2 unspecified atom stereocenters. The lowest BCUT2D eigenvalue weighted by atomic mass is 10.1. The molecular formula is C29H38Cl4FN3O2. The standard InChI is InChI=1S/C29H35ClFN3O2.3ClH/c1-22(32-21-28(35)26-8-5-9-27(30)29(26)31)20-23-10-12-25(13-11-23)36-19-18-33-14-16-34(17-15-33)24-6-3-2-4-7-24;;;/h2-13,22,28,32,35H,14-21H2,1H3;3*1H. The molecule has 4 rings (SSSR count). The van der Waals surface area contributed by atoms with Gasteiger partial charge in [0.15, 0.2) is 0 Å². The minimum absolute atomic E-state index is 0. The van der Waals surface area contributed by atoms with E-state index >= 15 is 0 Å². The Morgan fingerprint density at radius 2 is 1.59 bits per heavy atom. The Balaban J connectivity index is 0.00000253. The fourth-order valence-electron chi connectivity index (χ4n) is 4.51. The monoisotopic (exact) mass is 619 g/mol. The summed E-state index contributed by atoms with van der Waals surface area (Å²) in [5.41, 5.74) is 2.67. The van der Waals surface area contributed by atoms with Crippen LogP contribution in [-0.4, -0.2) is 61.9 Å². The van der Waals surface area contributed by atoms with Crippen LogP contribution in [0.4, 0.5) is 10.1 Å². The minimum Gasteiger partial charge on any atom is -0.492 e. The second-order valence-corrected chi connectivity index (χ2v) is 9.74. The molecule has 3 aromatic rings. The van der Waals surface area contributed by atoms with Crippen LogP contribution in [0.5, 0.6) is 5.75 Å². The van der Waals surface area contributed by atoms with Crippen LogP contribution in [0.3, 0.4) is 0 Å². The van der Waals surface area contributed by atoms with Crippen LogP contribution in [0.25, 0.3) is 0 Å². The highest BCUT2D eigenvalue weighted by atomic mass is 35.5. The lowest BCUT2D eigenvalue weighted by molar-refractivity contribution is 0.166. The highest BCUT2D eigenvalue weighted by molar-refractivity contribution is 6.30. The van der Waals surface area contributed by atoms with Gasteiger partial charge in [-0.2, -0.15) is 0 Å². The third kappa shape index (κ3) is 10.6. The van der Waals surface area contributed by atoms with E-state index in [9.17, 15) is 9.50 Å². The maximum absolute atomic E-state index is 14.1. The zero-order valence-corrected chi connectivity index (χ0v) is 25.2. The predicted octanol–water partition coefficient (Wildman–Crippen LogP) is 6.20. The lowest BCUT2D eigenvalue weighted by Crippen LogP contribution is -2.47. The second kappa shape index (κ2) is 17.8. The number of anilines is 1. The molecule has 0 radical (unpaired) electrons. The zero-order valence-electron chi connectivity index (χ0n) is 22.0. The summed E-state index contributed by atoms with van der Waals surface area (Å²) in [6, 6.07) is 23.5. The van der Waals surface area contributed by atoms with E-state index in [4.69, 9.17) is 16.3 Å². The molecule has 0 spiro atoms. The first kappa shape index (κ1) is 35.3. The van der Waals surface area contributed by atoms with E-state index in [-0.39, 0.29) is 60.4 Å². The molecule has 3 aromatic carbocycles. The van der Waals surface area contributed by atoms with Crippen LogP contribution in [0, 0.1) is 5.82 Å². The number of nitrogens with zero attached hydrogens (tertiary/aromatic N) is 2. The summed E-state index contributed by atoms with van der Waals surface area (Å²) in [5.74, 6) is 0.306. The molecule has 1 fully saturated rings. The molecule has 0 aliphatic carbocycles. The van der Waals surface area contributed by atoms with Crippen molar-refractivity contribution in [1.29, 1.82) is 0 Å². The summed E-state index contributed by atoms with van der Waals surface area (Å²) < 4.78 is 20.1. The van der Waals surface area contributed by atoms with E-state index in [2.05, 4.69) is 57.6 Å². The summed E-state index contributed by atoms with van der Waals surface area (Å²) in [7, 11) is 0. The van der Waals surface area contributed by atoms with E-state index < -0.39 is 11.9 Å². The molecule has 1 aliphatic heterocycles. The van der Waals surface area contributed by atoms with Crippen molar-refractivity contribution in [2.45, 2.75) is 25.5 Å². The van der Waals surface area contributed by atoms with E-state index in [0.29, 0.717) is 6.61 Å². The topological polar surface area (TPSA) is 48.0 Å². The normalized spacial score (nSPS) is 14.8. The Labute approximate surface area is 254 Å². The summed E-state index contributed by atoms with van der Waals surface area (Å²) in [5, 5.41) is 13.6. The number of rotatable bonds is 11. The van der Waals surface area contributed by atoms with Crippen LogP contribution in [0.1, 0.15) is 24.2 Å². The van der Waals surface area contributed by atoms with Gasteiger partial charge in [0.05, 0.1) is 11.1 Å². The Morgan fingerprint density at radius 1 is 0.923 bits per heavy atom. The van der Waals surface area contributed by atoms with Crippen LogP contribution in [0.2, 0.25) is 5.02 Å². The van der Waals surface area contributed by atoms with Gasteiger partial charge < -0.3 is 20.1 Å². The van der Waals surface area contributed by atoms with Gasteiger partial charge in [-0.05, 0) is 49.2 Å². The number of para-hydroxylation sites is 1. The molecule has 216 valence electrons. The zero-order chi connectivity index (χ0) is 25.3. The van der Waals surface area contributed by atoms with Crippen molar-refractivity contribution in [2.75, 3.05) is 50.8 Å². The molecule has 2 atom stereocenters. The summed E-state index contributed by atoms with van der Waals surface area (Å²) >= 11 is 5.82. The van der Waals surface area contributed by atoms with Gasteiger partial charge in [0.1, 0.15) is 18.2 Å². The smallest absolute Gasteiger partial charge is 0.147 e. The molecule has 1 aliphatic rings. The van der Waals surface area contributed by atoms with Gasteiger partial charge >= 0.3 is 0 Å². The van der Waals surface area contributed by atoms with Crippen molar-refractivity contribution in [1.82, 2.24) is 10.2 Å². The highest BCUT2D eigenvalue weighted by Crippen LogP contribution is 2.23. The maximum Gasteiger partial charge on any atom is 0.147 e. The predicted molar refractivity (Wildman–Crippen MR) is 166 cm³/mol. The van der Waals surface area contributed by atoms with Crippen molar-refractivity contribution in [3.05, 3.63) is 94.8 Å². The number of halogens is 5. The van der Waals surface area contributed by atoms with Crippen LogP contribution in [-0.2, 0) is 6.42 Å². The number of hydrogen-bond acceptors (Lipinski definition) is 5. The summed E-state index contributed by atoms with van der Waals surface area (Å²) in [6.07, 6.45) is -0.167. The SMILES string of the molecule is CC(Cc1ccc(OCCN2CCN(c3ccccc3)CC2)cc1)NCC(O)c1cccc(Cl)c1F.Cl.Cl.Cl. The van der Waals surface area contributed by atoms with E-state index in [1.165, 1.54) is 17.3 Å². The molecule has 1 saturated heterocycles. The van der Waals surface area contributed by atoms with Crippen molar-refractivity contribution >= 4 is 54.5 Å². The van der Waals surface area contributed by atoms with Gasteiger partial charge in [-0.15, -0.1) is 37.2 Å². The Kier molecular flexibility index (Phi) is 16.1. The van der Waals surface area contributed by atoms with Crippen LogP contribution >= 0.6 is 48.8 Å². The Bertz CT molecular complexity index is 1090. The minimum atomic E-state index is -0.955. The average molecular weight is 621 g/mol. The van der Waals surface area contributed by atoms with Gasteiger partial charge in [0, 0.05) is 56.6 Å². The third-order valence-electron chi connectivity index (χ3n) is 6.64. The van der Waals surface area contributed by atoms with Crippen molar-refractivity contribution in [3.63, 3.8) is 0 Å². The van der Waals surface area contributed by atoms with E-state index in [0.717, 1.165) is 44.9 Å². The molecule has 10 heteroatoms. The van der Waals surface area contributed by atoms with Gasteiger partial charge in [-0.25, -0.2) is 4.39 Å². The second-order valence-electron chi connectivity index (χ2n) is 9.33. The van der Waals surface area contributed by atoms with E-state index in [1.807, 2.05) is 19.1 Å². The van der Waals surface area contributed by atoms with Gasteiger partial charge in [-0.1, -0.05) is 54.1 Å². The molecular weight excluding hydrogens is 583 g/mol. The summed E-state index contributed by atoms with van der Waals surface area (Å²) in [6.45, 7) is 8.04. The number of hydrogen-bond donors (Lipinski definition) is 2. The van der Waals surface area contributed by atoms with Gasteiger partial charge in [0.25, 0.3) is 0 Å². The maximum atomic E-state index is 14.1. The van der Waals surface area contributed by atoms with Crippen molar-refractivity contribution in [3.8, 4) is 5.75 Å². The fourth-order valence-corrected chi connectivity index (χ4v) is 4.69. The van der Waals surface area contributed by atoms with Gasteiger partial charge in [0.2, 0.25) is 0 Å². The fraction of sp³-hybridized carbons (Fsp3) is 0.379. The summed E-state index contributed by atoms with van der Waals surface area (Å²) in [4.78, 5) is 4.88. The van der Waals surface area contributed by atoms with Crippen molar-refractivity contribution in [2.24, 2.45) is 0 Å². The number of benzene rings is 3. The number of aliphatic hydroxyl groups excluding tert-OH is 1. The Hall–Kier alpha value is -1.77. The Morgan fingerprint density at radius 3 is 2.26 bits per heavy atom. The molecule has 0 bridgehead atoms. The molecule has 39 heavy (non-hydrogen) atoms.